The number of rotatable bonds is 2. The Balaban J connectivity index is 2.21. The van der Waals surface area contributed by atoms with E-state index in [2.05, 4.69) is 5.10 Å². The molecular weight excluding hydrogens is 209 g/mol. The largest absolute Gasteiger partial charge is 0.350 e. The van der Waals surface area contributed by atoms with Gasteiger partial charge in [0, 0.05) is 12.6 Å². The van der Waals surface area contributed by atoms with E-state index in [0.717, 1.165) is 4.68 Å². The Bertz CT molecular complexity index is 521. The van der Waals surface area contributed by atoms with Crippen molar-refractivity contribution >= 4 is 6.03 Å². The summed E-state index contributed by atoms with van der Waals surface area (Å²) in [6.45, 7) is 0. The van der Waals surface area contributed by atoms with Gasteiger partial charge in [0.1, 0.15) is 5.82 Å². The molecular formula is C11H10FN3O. The summed E-state index contributed by atoms with van der Waals surface area (Å²) in [7, 11) is 0. The van der Waals surface area contributed by atoms with Gasteiger partial charge in [-0.3, -0.25) is 0 Å². The van der Waals surface area contributed by atoms with E-state index >= 15 is 0 Å². The van der Waals surface area contributed by atoms with Gasteiger partial charge in [0.25, 0.3) is 0 Å². The number of nitrogens with zero attached hydrogens (tertiary/aromatic N) is 2. The number of benzene rings is 1. The van der Waals surface area contributed by atoms with Crippen molar-refractivity contribution < 1.29 is 9.18 Å². The Morgan fingerprint density at radius 2 is 2.12 bits per heavy atom. The number of hydrogen-bond acceptors (Lipinski definition) is 2. The lowest BCUT2D eigenvalue weighted by atomic mass is 10.1. The molecule has 0 aliphatic heterocycles. The van der Waals surface area contributed by atoms with Gasteiger partial charge in [0.05, 0.1) is 5.69 Å². The fourth-order valence-electron chi connectivity index (χ4n) is 1.42. The van der Waals surface area contributed by atoms with Gasteiger partial charge in [-0.25, -0.2) is 9.18 Å². The second-order valence-electron chi connectivity index (χ2n) is 3.36. The smallest absolute Gasteiger partial charge is 0.339 e. The maximum absolute atomic E-state index is 13.3. The second-order valence-corrected chi connectivity index (χ2v) is 3.36. The van der Waals surface area contributed by atoms with E-state index in [9.17, 15) is 9.18 Å². The van der Waals surface area contributed by atoms with Gasteiger partial charge < -0.3 is 5.73 Å². The van der Waals surface area contributed by atoms with Crippen molar-refractivity contribution in [3.63, 3.8) is 0 Å². The van der Waals surface area contributed by atoms with E-state index in [0.29, 0.717) is 17.7 Å². The number of carbonyl (C=O) groups excluding carboxylic acids is 1. The zero-order chi connectivity index (χ0) is 11.5. The van der Waals surface area contributed by atoms with Crippen LogP contribution in [-0.2, 0) is 6.42 Å². The van der Waals surface area contributed by atoms with Crippen molar-refractivity contribution in [2.45, 2.75) is 6.42 Å². The van der Waals surface area contributed by atoms with Crippen LogP contribution < -0.4 is 5.73 Å². The molecule has 4 nitrogen and oxygen atoms in total. The molecule has 1 heterocycles. The van der Waals surface area contributed by atoms with E-state index in [1.807, 2.05) is 0 Å². The lowest BCUT2D eigenvalue weighted by Gasteiger charge is -1.99. The number of primary amides is 1. The molecule has 0 spiro atoms. The second kappa shape index (κ2) is 4.14. The van der Waals surface area contributed by atoms with Crippen LogP contribution in [0.25, 0.3) is 0 Å². The highest BCUT2D eigenvalue weighted by molar-refractivity contribution is 5.73. The number of amides is 1. The van der Waals surface area contributed by atoms with E-state index in [1.165, 1.54) is 12.3 Å². The SMILES string of the molecule is NC(=O)n1ccc(Cc2ccccc2F)n1. The highest BCUT2D eigenvalue weighted by Gasteiger charge is 2.06. The number of nitrogens with two attached hydrogens (primary N) is 1. The first-order valence-electron chi connectivity index (χ1n) is 4.74. The van der Waals surface area contributed by atoms with Gasteiger partial charge in [-0.05, 0) is 17.7 Å². The molecule has 1 amide bonds. The average Bonchev–Trinajstić information content (AvgIpc) is 2.70. The Labute approximate surface area is 91.5 Å². The summed E-state index contributed by atoms with van der Waals surface area (Å²) in [5.41, 5.74) is 6.18. The normalized spacial score (nSPS) is 10.3. The molecule has 0 aliphatic carbocycles. The van der Waals surface area contributed by atoms with Gasteiger partial charge in [0.2, 0.25) is 0 Å². The van der Waals surface area contributed by atoms with Crippen LogP contribution in [0.2, 0.25) is 0 Å². The minimum atomic E-state index is -0.653. The molecule has 2 N–H and O–H groups in total. The Morgan fingerprint density at radius 1 is 1.38 bits per heavy atom. The molecule has 0 radical (unpaired) electrons. The summed E-state index contributed by atoms with van der Waals surface area (Å²) in [5.74, 6) is -0.281. The van der Waals surface area contributed by atoms with Crippen LogP contribution in [0, 0.1) is 5.82 Å². The number of halogens is 1. The first kappa shape index (κ1) is 10.4. The number of aromatic nitrogens is 2. The predicted molar refractivity (Wildman–Crippen MR) is 56.4 cm³/mol. The van der Waals surface area contributed by atoms with Crippen molar-refractivity contribution in [2.24, 2.45) is 5.73 Å². The van der Waals surface area contributed by atoms with E-state index in [-0.39, 0.29) is 5.82 Å². The highest BCUT2D eigenvalue weighted by Crippen LogP contribution is 2.11. The van der Waals surface area contributed by atoms with Gasteiger partial charge in [-0.15, -0.1) is 0 Å². The summed E-state index contributed by atoms with van der Waals surface area (Å²) >= 11 is 0. The highest BCUT2D eigenvalue weighted by atomic mass is 19.1. The zero-order valence-corrected chi connectivity index (χ0v) is 8.43. The fraction of sp³-hybridized carbons (Fsp3) is 0.0909. The molecule has 2 aromatic rings. The molecule has 0 fully saturated rings. The quantitative estimate of drug-likeness (QED) is 0.832. The van der Waals surface area contributed by atoms with Gasteiger partial charge >= 0.3 is 6.03 Å². The van der Waals surface area contributed by atoms with Crippen LogP contribution in [0.1, 0.15) is 11.3 Å². The molecule has 0 atom stereocenters. The molecule has 0 bridgehead atoms. The fourth-order valence-corrected chi connectivity index (χ4v) is 1.42. The maximum Gasteiger partial charge on any atom is 0.339 e. The molecule has 1 aromatic heterocycles. The monoisotopic (exact) mass is 219 g/mol. The number of carbonyl (C=O) groups is 1. The summed E-state index contributed by atoms with van der Waals surface area (Å²) in [6, 6.07) is 7.43. The zero-order valence-electron chi connectivity index (χ0n) is 8.43. The van der Waals surface area contributed by atoms with Crippen LogP contribution >= 0.6 is 0 Å². The van der Waals surface area contributed by atoms with Crippen molar-refractivity contribution in [2.75, 3.05) is 0 Å². The Hall–Kier alpha value is -2.17. The lowest BCUT2D eigenvalue weighted by molar-refractivity contribution is 0.247. The molecule has 5 heteroatoms. The molecule has 16 heavy (non-hydrogen) atoms. The summed E-state index contributed by atoms with van der Waals surface area (Å²) in [6.07, 6.45) is 1.80. The minimum absolute atomic E-state index is 0.281. The third-order valence-corrected chi connectivity index (χ3v) is 2.20. The van der Waals surface area contributed by atoms with E-state index in [4.69, 9.17) is 5.73 Å². The van der Waals surface area contributed by atoms with Crippen LogP contribution in [0.3, 0.4) is 0 Å². The molecule has 1 aromatic carbocycles. The summed E-state index contributed by atoms with van der Waals surface area (Å²) in [5, 5.41) is 3.92. The predicted octanol–water partition coefficient (Wildman–Crippen LogP) is 1.54. The summed E-state index contributed by atoms with van der Waals surface area (Å²) in [4.78, 5) is 10.8. The van der Waals surface area contributed by atoms with E-state index in [1.54, 1.807) is 24.3 Å². The maximum atomic E-state index is 13.3. The average molecular weight is 219 g/mol. The first-order valence-corrected chi connectivity index (χ1v) is 4.74. The van der Waals surface area contributed by atoms with Crippen molar-refractivity contribution in [1.29, 1.82) is 0 Å². The van der Waals surface area contributed by atoms with Crippen LogP contribution in [0.4, 0.5) is 9.18 Å². The van der Waals surface area contributed by atoms with Crippen molar-refractivity contribution in [3.8, 4) is 0 Å². The Kier molecular flexibility index (Phi) is 2.68. The molecule has 82 valence electrons. The van der Waals surface area contributed by atoms with Gasteiger partial charge in [-0.1, -0.05) is 18.2 Å². The molecule has 0 unspecified atom stereocenters. The standard InChI is InChI=1S/C11H10FN3O/c12-10-4-2-1-3-8(10)7-9-5-6-15(14-9)11(13)16/h1-6H,7H2,(H2,13,16). The Morgan fingerprint density at radius 3 is 2.75 bits per heavy atom. The molecule has 0 saturated heterocycles. The topological polar surface area (TPSA) is 60.9 Å². The molecule has 0 aliphatic rings. The van der Waals surface area contributed by atoms with Crippen LogP contribution in [0.15, 0.2) is 36.5 Å². The van der Waals surface area contributed by atoms with E-state index < -0.39 is 6.03 Å². The first-order chi connectivity index (χ1) is 7.66. The number of hydrogen-bond donors (Lipinski definition) is 1. The van der Waals surface area contributed by atoms with Crippen molar-refractivity contribution in [3.05, 3.63) is 53.6 Å². The van der Waals surface area contributed by atoms with Gasteiger partial charge in [-0.2, -0.15) is 9.78 Å². The third-order valence-electron chi connectivity index (χ3n) is 2.20. The van der Waals surface area contributed by atoms with Crippen LogP contribution in [0.5, 0.6) is 0 Å². The lowest BCUT2D eigenvalue weighted by Crippen LogP contribution is -2.20. The van der Waals surface area contributed by atoms with Crippen LogP contribution in [-0.4, -0.2) is 15.8 Å². The minimum Gasteiger partial charge on any atom is -0.350 e. The van der Waals surface area contributed by atoms with Crippen molar-refractivity contribution in [1.82, 2.24) is 9.78 Å². The third kappa shape index (κ3) is 2.08. The van der Waals surface area contributed by atoms with Gasteiger partial charge in [0.15, 0.2) is 0 Å². The molecule has 2 rings (SSSR count). The summed E-state index contributed by atoms with van der Waals surface area (Å²) < 4.78 is 14.3. The molecule has 0 saturated carbocycles.